The first-order chi connectivity index (χ1) is 18.8. The second-order valence-electron chi connectivity index (χ2n) is 12.0. The van der Waals surface area contributed by atoms with Gasteiger partial charge in [0.05, 0.1) is 0 Å². The molecule has 0 fully saturated rings. The molecule has 0 bridgehead atoms. The van der Waals surface area contributed by atoms with E-state index in [-0.39, 0.29) is 0 Å². The first kappa shape index (κ1) is 35.9. The molecule has 0 unspecified atom stereocenters. The van der Waals surface area contributed by atoms with Gasteiger partial charge in [0.1, 0.15) is 0 Å². The average molecular weight is 563 g/mol. The van der Waals surface area contributed by atoms with Gasteiger partial charge in [0.2, 0.25) is 0 Å². The fraction of sp³-hybridized carbons (Fsp3) is 0.833. The van der Waals surface area contributed by atoms with Gasteiger partial charge in [0, 0.05) is 11.5 Å². The van der Waals surface area contributed by atoms with Crippen LogP contribution in [0.25, 0.3) is 0 Å². The molecule has 38 heavy (non-hydrogen) atoms. The van der Waals surface area contributed by atoms with Crippen LogP contribution in [0.3, 0.4) is 0 Å². The molecule has 0 aliphatic heterocycles. The van der Waals surface area contributed by atoms with E-state index in [0.29, 0.717) is 0 Å². The van der Waals surface area contributed by atoms with Crippen LogP contribution in [0, 0.1) is 0 Å². The van der Waals surface area contributed by atoms with Gasteiger partial charge in [-0.15, -0.1) is 0 Å². The Kier molecular flexibility index (Phi) is 25.6. The van der Waals surface area contributed by atoms with Gasteiger partial charge in [-0.2, -0.15) is 25.3 Å². The molecule has 0 heterocycles. The van der Waals surface area contributed by atoms with Crippen LogP contribution in [0.15, 0.2) is 12.1 Å². The second-order valence-corrected chi connectivity index (χ2v) is 12.6. The molecule has 1 rings (SSSR count). The van der Waals surface area contributed by atoms with Gasteiger partial charge in [-0.3, -0.25) is 0 Å². The van der Waals surface area contributed by atoms with Crippen molar-refractivity contribution in [3.8, 4) is 0 Å². The highest BCUT2D eigenvalue weighted by Gasteiger charge is 2.09. The summed E-state index contributed by atoms with van der Waals surface area (Å²) in [4.78, 5) is 0. The van der Waals surface area contributed by atoms with Crippen LogP contribution < -0.4 is 0 Å². The molecule has 1 aromatic carbocycles. The third-order valence-corrected chi connectivity index (χ3v) is 9.14. The summed E-state index contributed by atoms with van der Waals surface area (Å²) in [6.07, 6.45) is 36.6. The van der Waals surface area contributed by atoms with Crippen LogP contribution in [0.5, 0.6) is 0 Å². The number of benzene rings is 1. The molecule has 0 saturated carbocycles. The number of thiol groups is 2. The Morgan fingerprint density at radius 3 is 0.816 bits per heavy atom. The maximum Gasteiger partial charge on any atom is 0.0157 e. The zero-order valence-electron chi connectivity index (χ0n) is 25.8. The zero-order valence-corrected chi connectivity index (χ0v) is 27.6. The van der Waals surface area contributed by atoms with E-state index in [9.17, 15) is 0 Å². The first-order valence-electron chi connectivity index (χ1n) is 17.1. The van der Waals surface area contributed by atoms with Crippen molar-refractivity contribution in [2.75, 3.05) is 0 Å². The van der Waals surface area contributed by atoms with Gasteiger partial charge >= 0.3 is 0 Å². The zero-order chi connectivity index (χ0) is 27.5. The van der Waals surface area contributed by atoms with E-state index in [1.54, 1.807) is 11.1 Å². The predicted octanol–water partition coefficient (Wildman–Crippen LogP) is 13.0. The van der Waals surface area contributed by atoms with Crippen LogP contribution >= 0.6 is 25.3 Å². The van der Waals surface area contributed by atoms with Gasteiger partial charge < -0.3 is 0 Å². The lowest BCUT2D eigenvalue weighted by atomic mass is 9.92. The Morgan fingerprint density at radius 2 is 0.579 bits per heavy atom. The van der Waals surface area contributed by atoms with E-state index in [0.717, 1.165) is 11.5 Å². The van der Waals surface area contributed by atoms with Crippen LogP contribution in [0.4, 0.5) is 0 Å². The predicted molar refractivity (Wildman–Crippen MR) is 181 cm³/mol. The highest BCUT2D eigenvalue weighted by Crippen LogP contribution is 2.25. The third kappa shape index (κ3) is 19.1. The summed E-state index contributed by atoms with van der Waals surface area (Å²) in [7, 11) is 0. The number of aryl methyl sites for hydroxylation is 2. The molecule has 0 aliphatic rings. The van der Waals surface area contributed by atoms with Crippen molar-refractivity contribution in [1.29, 1.82) is 0 Å². The SMILES string of the molecule is CCCCCCCCCCCCCCc1cc(CS)c(CS)cc1CCCCCCCCCCCCCC. The van der Waals surface area contributed by atoms with E-state index in [4.69, 9.17) is 0 Å². The summed E-state index contributed by atoms with van der Waals surface area (Å²) >= 11 is 9.25. The van der Waals surface area contributed by atoms with E-state index < -0.39 is 0 Å². The van der Waals surface area contributed by atoms with Crippen molar-refractivity contribution in [3.05, 3.63) is 34.4 Å². The van der Waals surface area contributed by atoms with Crippen LogP contribution in [0.2, 0.25) is 0 Å². The minimum absolute atomic E-state index is 0.834. The summed E-state index contributed by atoms with van der Waals surface area (Å²) in [5, 5.41) is 0. The molecule has 222 valence electrons. The minimum Gasteiger partial charge on any atom is -0.175 e. The Hall–Kier alpha value is -0.0800. The summed E-state index contributed by atoms with van der Waals surface area (Å²) in [5.74, 6) is 1.67. The molecular weight excluding hydrogens is 497 g/mol. The Bertz CT molecular complexity index is 583. The smallest absolute Gasteiger partial charge is 0.0157 e. The van der Waals surface area contributed by atoms with Crippen LogP contribution in [-0.2, 0) is 24.3 Å². The largest absolute Gasteiger partial charge is 0.175 e. The lowest BCUT2D eigenvalue weighted by Gasteiger charge is -2.15. The Morgan fingerprint density at radius 1 is 0.342 bits per heavy atom. The van der Waals surface area contributed by atoms with E-state index in [1.165, 1.54) is 178 Å². The molecule has 0 nitrogen and oxygen atoms in total. The quantitative estimate of drug-likeness (QED) is 0.0736. The maximum atomic E-state index is 4.62. The monoisotopic (exact) mass is 562 g/mol. The third-order valence-electron chi connectivity index (χ3n) is 8.46. The normalized spacial score (nSPS) is 11.5. The molecule has 0 aromatic heterocycles. The maximum absolute atomic E-state index is 4.62. The van der Waals surface area contributed by atoms with Crippen molar-refractivity contribution >= 4 is 25.3 Å². The number of unbranched alkanes of at least 4 members (excludes halogenated alkanes) is 22. The van der Waals surface area contributed by atoms with Crippen molar-refractivity contribution in [1.82, 2.24) is 0 Å². The van der Waals surface area contributed by atoms with Crippen LogP contribution in [0.1, 0.15) is 190 Å². The summed E-state index contributed by atoms with van der Waals surface area (Å²) in [5.41, 5.74) is 6.01. The van der Waals surface area contributed by atoms with Crippen molar-refractivity contribution < 1.29 is 0 Å². The number of rotatable bonds is 28. The molecule has 0 aliphatic carbocycles. The molecule has 0 spiro atoms. The van der Waals surface area contributed by atoms with Gasteiger partial charge in [-0.25, -0.2) is 0 Å². The topological polar surface area (TPSA) is 0 Å². The molecule has 2 heteroatoms. The van der Waals surface area contributed by atoms with Crippen molar-refractivity contribution in [2.45, 2.75) is 192 Å². The average Bonchev–Trinajstić information content (AvgIpc) is 2.94. The molecule has 0 N–H and O–H groups in total. The number of hydrogen-bond acceptors (Lipinski definition) is 2. The Labute approximate surface area is 251 Å². The molecule has 0 radical (unpaired) electrons. The highest BCUT2D eigenvalue weighted by molar-refractivity contribution is 7.79. The Balaban J connectivity index is 2.25. The summed E-state index contributed by atoms with van der Waals surface area (Å²) in [6, 6.07) is 4.96. The standard InChI is InChI=1S/C36H66S2/c1-3-5-7-9-11-13-15-17-19-21-23-25-27-33-29-35(31-37)36(32-38)30-34(33)28-26-24-22-20-18-16-14-12-10-8-6-4-2/h29-30,37-38H,3-28,31-32H2,1-2H3. The highest BCUT2D eigenvalue weighted by atomic mass is 32.1. The van der Waals surface area contributed by atoms with E-state index in [2.05, 4.69) is 51.2 Å². The minimum atomic E-state index is 0.834. The lowest BCUT2D eigenvalue weighted by molar-refractivity contribution is 0.542. The van der Waals surface area contributed by atoms with Gasteiger partial charge in [-0.05, 0) is 47.9 Å². The van der Waals surface area contributed by atoms with Crippen molar-refractivity contribution in [3.63, 3.8) is 0 Å². The van der Waals surface area contributed by atoms with E-state index >= 15 is 0 Å². The molecule has 1 aromatic rings. The number of hydrogen-bond donors (Lipinski definition) is 2. The first-order valence-corrected chi connectivity index (χ1v) is 18.4. The lowest BCUT2D eigenvalue weighted by Crippen LogP contribution is -2.01. The molecule has 0 atom stereocenters. The van der Waals surface area contributed by atoms with Gasteiger partial charge in [0.25, 0.3) is 0 Å². The van der Waals surface area contributed by atoms with Crippen LogP contribution in [-0.4, -0.2) is 0 Å². The fourth-order valence-electron chi connectivity index (χ4n) is 5.86. The second kappa shape index (κ2) is 27.1. The summed E-state index contributed by atoms with van der Waals surface area (Å²) < 4.78 is 0. The molecule has 0 amide bonds. The molecular formula is C36H66S2. The van der Waals surface area contributed by atoms with E-state index in [1.807, 2.05) is 0 Å². The van der Waals surface area contributed by atoms with Gasteiger partial charge in [0.15, 0.2) is 0 Å². The summed E-state index contributed by atoms with van der Waals surface area (Å²) in [6.45, 7) is 4.61. The molecule has 0 saturated heterocycles. The van der Waals surface area contributed by atoms with Gasteiger partial charge in [-0.1, -0.05) is 167 Å². The fourth-order valence-corrected chi connectivity index (χ4v) is 6.45. The van der Waals surface area contributed by atoms with Crippen molar-refractivity contribution in [2.24, 2.45) is 0 Å².